The van der Waals surface area contributed by atoms with Crippen LogP contribution < -0.4 is 9.47 Å². The van der Waals surface area contributed by atoms with Crippen LogP contribution in [0, 0.1) is 0 Å². The van der Waals surface area contributed by atoms with Gasteiger partial charge in [0.2, 0.25) is 0 Å². The lowest BCUT2D eigenvalue weighted by atomic mass is 10.0. The number of ether oxygens (including phenoxy) is 3. The Morgan fingerprint density at radius 3 is 2.59 bits per heavy atom. The van der Waals surface area contributed by atoms with E-state index >= 15 is 0 Å². The van der Waals surface area contributed by atoms with Gasteiger partial charge in [-0.2, -0.15) is 0 Å². The van der Waals surface area contributed by atoms with E-state index in [0.29, 0.717) is 11.6 Å². The van der Waals surface area contributed by atoms with Gasteiger partial charge < -0.3 is 19.3 Å². The molecule has 1 saturated heterocycles. The number of halogens is 1. The number of nitrogens with zero attached hydrogens (tertiary/aromatic N) is 1. The van der Waals surface area contributed by atoms with Crippen LogP contribution in [0.15, 0.2) is 42.5 Å². The Bertz CT molecular complexity index is 783. The van der Waals surface area contributed by atoms with E-state index in [1.165, 1.54) is 0 Å². The third-order valence-electron chi connectivity index (χ3n) is 5.48. The maximum atomic E-state index is 10.6. The number of hydrogen-bond acceptors (Lipinski definition) is 5. The van der Waals surface area contributed by atoms with Crippen LogP contribution in [0.25, 0.3) is 0 Å². The van der Waals surface area contributed by atoms with Crippen LogP contribution in [0.4, 0.5) is 0 Å². The Labute approximate surface area is 178 Å². The molecule has 3 unspecified atom stereocenters. The number of aliphatic hydroxyl groups excluding tert-OH is 1. The fourth-order valence-electron chi connectivity index (χ4n) is 3.91. The summed E-state index contributed by atoms with van der Waals surface area (Å²) in [6.07, 6.45) is 1.44. The summed E-state index contributed by atoms with van der Waals surface area (Å²) < 4.78 is 16.9. The van der Waals surface area contributed by atoms with Crippen LogP contribution in [-0.2, 0) is 4.74 Å². The molecule has 1 N–H and O–H groups in total. The summed E-state index contributed by atoms with van der Waals surface area (Å²) in [5, 5.41) is 11.3. The molecule has 0 spiro atoms. The molecule has 2 aromatic rings. The molecule has 0 amide bonds. The highest BCUT2D eigenvalue weighted by molar-refractivity contribution is 6.30. The lowest BCUT2D eigenvalue weighted by Crippen LogP contribution is -2.35. The van der Waals surface area contributed by atoms with Gasteiger partial charge in [-0.1, -0.05) is 23.7 Å². The molecule has 1 heterocycles. The molecule has 3 rings (SSSR count). The zero-order valence-corrected chi connectivity index (χ0v) is 18.1. The molecule has 2 aromatic carbocycles. The van der Waals surface area contributed by atoms with Crippen molar-refractivity contribution in [2.45, 2.75) is 38.0 Å². The van der Waals surface area contributed by atoms with Gasteiger partial charge >= 0.3 is 0 Å². The second kappa shape index (κ2) is 10.3. The maximum absolute atomic E-state index is 10.6. The second-order valence-electron chi connectivity index (χ2n) is 7.44. The molecule has 5 nitrogen and oxygen atoms in total. The van der Waals surface area contributed by atoms with E-state index in [4.69, 9.17) is 25.8 Å². The van der Waals surface area contributed by atoms with Crippen molar-refractivity contribution in [1.82, 2.24) is 4.90 Å². The summed E-state index contributed by atoms with van der Waals surface area (Å²) in [7, 11) is 3.35. The Morgan fingerprint density at radius 1 is 1.14 bits per heavy atom. The summed E-state index contributed by atoms with van der Waals surface area (Å²) in [5.41, 5.74) is 2.15. The Hall–Kier alpha value is -1.79. The van der Waals surface area contributed by atoms with Gasteiger partial charge in [-0.25, -0.2) is 0 Å². The van der Waals surface area contributed by atoms with Gasteiger partial charge in [0, 0.05) is 23.2 Å². The van der Waals surface area contributed by atoms with Crippen molar-refractivity contribution >= 4 is 11.6 Å². The molecular weight excluding hydrogens is 390 g/mol. The molecule has 6 heteroatoms. The monoisotopic (exact) mass is 419 g/mol. The van der Waals surface area contributed by atoms with Gasteiger partial charge in [0.05, 0.1) is 33.0 Å². The highest BCUT2D eigenvalue weighted by Crippen LogP contribution is 2.38. The largest absolute Gasteiger partial charge is 0.497 e. The van der Waals surface area contributed by atoms with E-state index in [2.05, 4.69) is 4.90 Å². The molecule has 29 heavy (non-hydrogen) atoms. The summed E-state index contributed by atoms with van der Waals surface area (Å²) in [4.78, 5) is 2.30. The van der Waals surface area contributed by atoms with E-state index in [0.717, 1.165) is 42.0 Å². The zero-order chi connectivity index (χ0) is 20.8. The molecule has 0 aliphatic carbocycles. The Kier molecular flexibility index (Phi) is 7.78. The summed E-state index contributed by atoms with van der Waals surface area (Å²) in [6, 6.07) is 13.7. The molecular formula is C23H30ClNO4. The predicted octanol–water partition coefficient (Wildman–Crippen LogP) is 4.63. The Balaban J connectivity index is 1.59. The third-order valence-corrected chi connectivity index (χ3v) is 5.73. The molecule has 1 fully saturated rings. The standard InChI is InChI=1S/C23H30ClNO4/c1-16(17-6-8-18(24)9-7-17)29-15-19(26)14-25-12-4-5-22(25)21-13-20(27-2)10-11-23(21)28-3/h6-11,13,16,19,22,26H,4-5,12,14-15H2,1-3H3. The highest BCUT2D eigenvalue weighted by Gasteiger charge is 2.30. The Morgan fingerprint density at radius 2 is 1.90 bits per heavy atom. The van der Waals surface area contributed by atoms with Crippen LogP contribution >= 0.6 is 11.6 Å². The molecule has 3 atom stereocenters. The van der Waals surface area contributed by atoms with Crippen LogP contribution in [-0.4, -0.2) is 50.0 Å². The summed E-state index contributed by atoms with van der Waals surface area (Å²) in [5.74, 6) is 1.66. The van der Waals surface area contributed by atoms with Gasteiger partial charge in [0.1, 0.15) is 11.5 Å². The average Bonchev–Trinajstić information content (AvgIpc) is 3.19. The summed E-state index contributed by atoms with van der Waals surface area (Å²) >= 11 is 5.94. The van der Waals surface area contributed by atoms with Crippen molar-refractivity contribution in [2.75, 3.05) is 33.9 Å². The molecule has 1 aliphatic heterocycles. The minimum Gasteiger partial charge on any atom is -0.497 e. The molecule has 158 valence electrons. The van der Waals surface area contributed by atoms with Crippen molar-refractivity contribution < 1.29 is 19.3 Å². The number of β-amino-alcohol motifs (C(OH)–C–C–N with tert-alkyl or cyclic N) is 1. The lowest BCUT2D eigenvalue weighted by Gasteiger charge is -2.28. The first kappa shape index (κ1) is 21.9. The lowest BCUT2D eigenvalue weighted by molar-refractivity contribution is -0.0173. The zero-order valence-electron chi connectivity index (χ0n) is 17.3. The minimum atomic E-state index is -0.568. The topological polar surface area (TPSA) is 51.2 Å². The quantitative estimate of drug-likeness (QED) is 0.642. The molecule has 0 radical (unpaired) electrons. The number of aliphatic hydroxyl groups is 1. The number of rotatable bonds is 9. The third kappa shape index (κ3) is 5.64. The molecule has 1 aliphatic rings. The van der Waals surface area contributed by atoms with Gasteiger partial charge in [-0.15, -0.1) is 0 Å². The molecule has 0 saturated carbocycles. The minimum absolute atomic E-state index is 0.102. The van der Waals surface area contributed by atoms with Crippen LogP contribution in [0.5, 0.6) is 11.5 Å². The molecule has 0 bridgehead atoms. The van der Waals surface area contributed by atoms with E-state index in [-0.39, 0.29) is 18.8 Å². The van der Waals surface area contributed by atoms with Crippen LogP contribution in [0.3, 0.4) is 0 Å². The molecule has 0 aromatic heterocycles. The number of benzene rings is 2. The first-order chi connectivity index (χ1) is 14.0. The second-order valence-corrected chi connectivity index (χ2v) is 7.88. The van der Waals surface area contributed by atoms with Crippen LogP contribution in [0.2, 0.25) is 5.02 Å². The van der Waals surface area contributed by atoms with Gasteiger partial charge in [-0.05, 0) is 62.2 Å². The van der Waals surface area contributed by atoms with Crippen molar-refractivity contribution in [3.8, 4) is 11.5 Å². The van der Waals surface area contributed by atoms with Crippen molar-refractivity contribution in [3.63, 3.8) is 0 Å². The van der Waals surface area contributed by atoms with Crippen molar-refractivity contribution in [2.24, 2.45) is 0 Å². The van der Waals surface area contributed by atoms with E-state index in [9.17, 15) is 5.11 Å². The fraction of sp³-hybridized carbons (Fsp3) is 0.478. The van der Waals surface area contributed by atoms with Gasteiger partial charge in [0.25, 0.3) is 0 Å². The van der Waals surface area contributed by atoms with E-state index in [1.54, 1.807) is 14.2 Å². The van der Waals surface area contributed by atoms with E-state index < -0.39 is 6.10 Å². The highest BCUT2D eigenvalue weighted by atomic mass is 35.5. The predicted molar refractivity (Wildman–Crippen MR) is 115 cm³/mol. The van der Waals surface area contributed by atoms with Crippen molar-refractivity contribution in [3.05, 3.63) is 58.6 Å². The van der Waals surface area contributed by atoms with Gasteiger partial charge in [0.15, 0.2) is 0 Å². The average molecular weight is 420 g/mol. The van der Waals surface area contributed by atoms with E-state index in [1.807, 2.05) is 49.4 Å². The number of methoxy groups -OCH3 is 2. The van der Waals surface area contributed by atoms with Crippen LogP contribution in [0.1, 0.15) is 43.0 Å². The first-order valence-corrected chi connectivity index (χ1v) is 10.4. The fourth-order valence-corrected chi connectivity index (χ4v) is 4.03. The smallest absolute Gasteiger partial charge is 0.123 e. The SMILES string of the molecule is COc1ccc(OC)c(C2CCCN2CC(O)COC(C)c2ccc(Cl)cc2)c1. The van der Waals surface area contributed by atoms with Crippen molar-refractivity contribution in [1.29, 1.82) is 0 Å². The first-order valence-electron chi connectivity index (χ1n) is 10.0. The van der Waals surface area contributed by atoms with Gasteiger partial charge in [-0.3, -0.25) is 4.90 Å². The normalized spacial score (nSPS) is 19.1. The number of likely N-dealkylation sites (tertiary alicyclic amines) is 1. The maximum Gasteiger partial charge on any atom is 0.123 e. The summed E-state index contributed by atoms with van der Waals surface area (Å²) in [6.45, 7) is 3.76. The number of hydrogen-bond donors (Lipinski definition) is 1.